The molecule has 7 heteroatoms. The van der Waals surface area contributed by atoms with Gasteiger partial charge >= 0.3 is 0 Å². The lowest BCUT2D eigenvalue weighted by molar-refractivity contribution is -0.119. The van der Waals surface area contributed by atoms with E-state index in [4.69, 9.17) is 11.6 Å². The standard InChI is InChI=1S/C24H20ClN3O2S/c1-16(18-11-5-7-13-20(18)25)26-22(29)15-31-24-27-21-14-8-6-12-19(21)23(30)28(24)17-9-3-2-4-10-17/h2-14,16H,15H2,1H3,(H,26,29). The van der Waals surface area contributed by atoms with Crippen molar-refractivity contribution in [3.05, 3.63) is 99.8 Å². The second-order valence-electron chi connectivity index (χ2n) is 6.99. The third kappa shape index (κ3) is 4.65. The van der Waals surface area contributed by atoms with E-state index in [1.165, 1.54) is 11.8 Å². The normalized spacial score (nSPS) is 11.9. The fourth-order valence-electron chi connectivity index (χ4n) is 3.33. The largest absolute Gasteiger partial charge is 0.349 e. The van der Waals surface area contributed by atoms with Gasteiger partial charge in [-0.25, -0.2) is 4.98 Å². The molecule has 0 spiro atoms. The Labute approximate surface area is 189 Å². The summed E-state index contributed by atoms with van der Waals surface area (Å²) in [4.78, 5) is 30.5. The lowest BCUT2D eigenvalue weighted by Gasteiger charge is -2.16. The molecule has 1 unspecified atom stereocenters. The highest BCUT2D eigenvalue weighted by Gasteiger charge is 2.16. The quantitative estimate of drug-likeness (QED) is 0.332. The van der Waals surface area contributed by atoms with Crippen LogP contribution in [0.5, 0.6) is 0 Å². The Morgan fingerprint density at radius 3 is 2.48 bits per heavy atom. The van der Waals surface area contributed by atoms with Gasteiger partial charge in [0.15, 0.2) is 5.16 Å². The molecule has 1 N–H and O–H groups in total. The van der Waals surface area contributed by atoms with Crippen LogP contribution in [0.4, 0.5) is 0 Å². The second-order valence-corrected chi connectivity index (χ2v) is 8.34. The summed E-state index contributed by atoms with van der Waals surface area (Å²) in [6, 6.07) is 23.7. The van der Waals surface area contributed by atoms with Gasteiger partial charge < -0.3 is 5.32 Å². The van der Waals surface area contributed by atoms with E-state index < -0.39 is 0 Å². The van der Waals surface area contributed by atoms with Crippen molar-refractivity contribution in [3.8, 4) is 5.69 Å². The van der Waals surface area contributed by atoms with E-state index >= 15 is 0 Å². The molecule has 1 atom stereocenters. The van der Waals surface area contributed by atoms with Crippen molar-refractivity contribution in [2.24, 2.45) is 0 Å². The van der Waals surface area contributed by atoms with Crippen LogP contribution >= 0.6 is 23.4 Å². The molecule has 0 radical (unpaired) electrons. The van der Waals surface area contributed by atoms with Crippen molar-refractivity contribution >= 4 is 40.2 Å². The number of nitrogens with zero attached hydrogens (tertiary/aromatic N) is 2. The average Bonchev–Trinajstić information content (AvgIpc) is 2.78. The van der Waals surface area contributed by atoms with Crippen molar-refractivity contribution in [2.75, 3.05) is 5.75 Å². The van der Waals surface area contributed by atoms with Gasteiger partial charge in [0.1, 0.15) is 0 Å². The molecule has 0 saturated heterocycles. The highest BCUT2D eigenvalue weighted by Crippen LogP contribution is 2.24. The zero-order chi connectivity index (χ0) is 21.8. The van der Waals surface area contributed by atoms with Crippen LogP contribution in [-0.2, 0) is 4.79 Å². The summed E-state index contributed by atoms with van der Waals surface area (Å²) in [7, 11) is 0. The van der Waals surface area contributed by atoms with Gasteiger partial charge in [-0.3, -0.25) is 14.2 Å². The first-order chi connectivity index (χ1) is 15.0. The Balaban J connectivity index is 1.60. The number of thioether (sulfide) groups is 1. The number of para-hydroxylation sites is 2. The van der Waals surface area contributed by atoms with Crippen LogP contribution in [0.25, 0.3) is 16.6 Å². The topological polar surface area (TPSA) is 64.0 Å². The molecule has 31 heavy (non-hydrogen) atoms. The van der Waals surface area contributed by atoms with E-state index in [9.17, 15) is 9.59 Å². The zero-order valence-electron chi connectivity index (χ0n) is 16.8. The van der Waals surface area contributed by atoms with Crippen LogP contribution in [0.1, 0.15) is 18.5 Å². The Hall–Kier alpha value is -3.09. The van der Waals surface area contributed by atoms with Gasteiger partial charge in [-0.15, -0.1) is 0 Å². The average molecular weight is 450 g/mol. The Bertz CT molecular complexity index is 1290. The lowest BCUT2D eigenvalue weighted by Crippen LogP contribution is -2.29. The number of benzene rings is 3. The number of fused-ring (bicyclic) bond motifs is 1. The van der Waals surface area contributed by atoms with Crippen molar-refractivity contribution < 1.29 is 4.79 Å². The van der Waals surface area contributed by atoms with Crippen LogP contribution in [0.2, 0.25) is 5.02 Å². The van der Waals surface area contributed by atoms with Crippen LogP contribution in [0.3, 0.4) is 0 Å². The molecule has 5 nitrogen and oxygen atoms in total. The van der Waals surface area contributed by atoms with E-state index in [0.717, 1.165) is 5.56 Å². The summed E-state index contributed by atoms with van der Waals surface area (Å²) in [6.07, 6.45) is 0. The van der Waals surface area contributed by atoms with E-state index in [1.807, 2.05) is 67.6 Å². The molecular formula is C24H20ClN3O2S. The molecule has 0 saturated carbocycles. The predicted octanol–water partition coefficient (Wildman–Crippen LogP) is 5.01. The maximum atomic E-state index is 13.2. The van der Waals surface area contributed by atoms with Gasteiger partial charge in [-0.1, -0.05) is 71.9 Å². The van der Waals surface area contributed by atoms with Crippen molar-refractivity contribution in [1.29, 1.82) is 0 Å². The molecule has 0 aliphatic heterocycles. The fourth-order valence-corrected chi connectivity index (χ4v) is 4.45. The third-order valence-electron chi connectivity index (χ3n) is 4.84. The van der Waals surface area contributed by atoms with Gasteiger partial charge in [0.25, 0.3) is 5.56 Å². The summed E-state index contributed by atoms with van der Waals surface area (Å²) < 4.78 is 1.55. The Kier molecular flexibility index (Phi) is 6.39. The highest BCUT2D eigenvalue weighted by atomic mass is 35.5. The maximum Gasteiger partial charge on any atom is 0.266 e. The van der Waals surface area contributed by atoms with Crippen molar-refractivity contribution in [1.82, 2.24) is 14.9 Å². The number of carbonyl (C=O) groups is 1. The first-order valence-corrected chi connectivity index (χ1v) is 11.1. The Morgan fingerprint density at radius 2 is 1.71 bits per heavy atom. The fraction of sp³-hybridized carbons (Fsp3) is 0.125. The Morgan fingerprint density at radius 1 is 1.03 bits per heavy atom. The minimum atomic E-state index is -0.234. The number of carbonyl (C=O) groups excluding carboxylic acids is 1. The number of halogens is 1. The monoisotopic (exact) mass is 449 g/mol. The van der Waals surface area contributed by atoms with Gasteiger partial charge in [0, 0.05) is 5.02 Å². The second kappa shape index (κ2) is 9.37. The number of amides is 1. The van der Waals surface area contributed by atoms with Crippen LogP contribution in [-0.4, -0.2) is 21.2 Å². The molecule has 1 aromatic heterocycles. The van der Waals surface area contributed by atoms with Gasteiger partial charge in [-0.2, -0.15) is 0 Å². The molecule has 1 heterocycles. The predicted molar refractivity (Wildman–Crippen MR) is 126 cm³/mol. The molecule has 1 amide bonds. The smallest absolute Gasteiger partial charge is 0.266 e. The van der Waals surface area contributed by atoms with Crippen molar-refractivity contribution in [3.63, 3.8) is 0 Å². The molecule has 156 valence electrons. The summed E-state index contributed by atoms with van der Waals surface area (Å²) in [6.45, 7) is 1.89. The van der Waals surface area contributed by atoms with Gasteiger partial charge in [-0.05, 0) is 42.8 Å². The summed E-state index contributed by atoms with van der Waals surface area (Å²) >= 11 is 7.46. The molecular weight excluding hydrogens is 430 g/mol. The van der Waals surface area contributed by atoms with Crippen molar-refractivity contribution in [2.45, 2.75) is 18.1 Å². The van der Waals surface area contributed by atoms with E-state index in [0.29, 0.717) is 26.8 Å². The summed E-state index contributed by atoms with van der Waals surface area (Å²) in [5, 5.41) is 4.57. The highest BCUT2D eigenvalue weighted by molar-refractivity contribution is 7.99. The van der Waals surface area contributed by atoms with Crippen LogP contribution < -0.4 is 10.9 Å². The molecule has 4 rings (SSSR count). The molecule has 4 aromatic rings. The third-order valence-corrected chi connectivity index (χ3v) is 6.12. The molecule has 0 bridgehead atoms. The SMILES string of the molecule is CC(NC(=O)CSc1nc2ccccc2c(=O)n1-c1ccccc1)c1ccccc1Cl. The molecule has 3 aromatic carbocycles. The van der Waals surface area contributed by atoms with E-state index in [-0.39, 0.29) is 23.3 Å². The first-order valence-electron chi connectivity index (χ1n) is 9.78. The van der Waals surface area contributed by atoms with Gasteiger partial charge in [0.05, 0.1) is 28.4 Å². The molecule has 0 fully saturated rings. The first kappa shape index (κ1) is 21.2. The van der Waals surface area contributed by atoms with E-state index in [1.54, 1.807) is 22.8 Å². The number of nitrogens with one attached hydrogen (secondary N) is 1. The maximum absolute atomic E-state index is 13.2. The lowest BCUT2D eigenvalue weighted by atomic mass is 10.1. The molecule has 0 aliphatic rings. The van der Waals surface area contributed by atoms with Gasteiger partial charge in [0.2, 0.25) is 5.91 Å². The number of rotatable bonds is 6. The molecule has 0 aliphatic carbocycles. The van der Waals surface area contributed by atoms with Crippen LogP contribution in [0, 0.1) is 0 Å². The number of hydrogen-bond acceptors (Lipinski definition) is 4. The summed E-state index contributed by atoms with van der Waals surface area (Å²) in [5.74, 6) is -0.0497. The minimum Gasteiger partial charge on any atom is -0.349 e. The van der Waals surface area contributed by atoms with E-state index in [2.05, 4.69) is 10.3 Å². The minimum absolute atomic E-state index is 0.117. The summed E-state index contributed by atoms with van der Waals surface area (Å²) in [5.41, 5.74) is 2.00. The van der Waals surface area contributed by atoms with Crippen LogP contribution in [0.15, 0.2) is 88.8 Å². The number of hydrogen-bond donors (Lipinski definition) is 1. The zero-order valence-corrected chi connectivity index (χ0v) is 18.4. The number of aromatic nitrogens is 2.